The average molecular weight is 281 g/mol. The molecule has 19 heavy (non-hydrogen) atoms. The van der Waals surface area contributed by atoms with Crippen LogP contribution in [-0.2, 0) is 12.0 Å². The molecule has 0 radical (unpaired) electrons. The summed E-state index contributed by atoms with van der Waals surface area (Å²) >= 11 is 6.11. The number of benzene rings is 1. The minimum Gasteiger partial charge on any atom is -0.391 e. The molecule has 0 fully saturated rings. The molecule has 2 N–H and O–H groups in total. The zero-order valence-electron chi connectivity index (χ0n) is 11.2. The van der Waals surface area contributed by atoms with Gasteiger partial charge in [-0.3, -0.25) is 9.89 Å². The van der Waals surface area contributed by atoms with Gasteiger partial charge >= 0.3 is 0 Å². The molecule has 0 atom stereocenters. The molecular weight excluding hydrogens is 264 g/mol. The monoisotopic (exact) mass is 280 g/mol. The summed E-state index contributed by atoms with van der Waals surface area (Å²) in [6.45, 7) is 5.65. The van der Waals surface area contributed by atoms with Crippen molar-refractivity contribution in [2.45, 2.75) is 32.8 Å². The third-order valence-corrected chi connectivity index (χ3v) is 3.31. The van der Waals surface area contributed by atoms with Gasteiger partial charge in [-0.1, -0.05) is 44.5 Å². The van der Waals surface area contributed by atoms with E-state index in [1.807, 2.05) is 26.8 Å². The summed E-state index contributed by atoms with van der Waals surface area (Å²) < 4.78 is 1.38. The fraction of sp³-hybridized carbons (Fsp3) is 0.357. The molecule has 0 aliphatic rings. The number of aromatic amines is 1. The molecule has 0 aliphatic carbocycles. The van der Waals surface area contributed by atoms with Gasteiger partial charge in [0.15, 0.2) is 0 Å². The van der Waals surface area contributed by atoms with Crippen molar-refractivity contribution in [2.24, 2.45) is 0 Å². The molecule has 0 spiro atoms. The average Bonchev–Trinajstić information content (AvgIpc) is 2.67. The minimum absolute atomic E-state index is 0.260. The van der Waals surface area contributed by atoms with Crippen LogP contribution < -0.4 is 5.56 Å². The summed E-state index contributed by atoms with van der Waals surface area (Å²) in [4.78, 5) is 12.3. The van der Waals surface area contributed by atoms with E-state index in [2.05, 4.69) is 5.10 Å². The lowest BCUT2D eigenvalue weighted by Crippen LogP contribution is -2.18. The topological polar surface area (TPSA) is 58.0 Å². The molecule has 1 aromatic carbocycles. The van der Waals surface area contributed by atoms with E-state index in [-0.39, 0.29) is 17.6 Å². The van der Waals surface area contributed by atoms with Gasteiger partial charge in [0.1, 0.15) is 0 Å². The summed E-state index contributed by atoms with van der Waals surface area (Å²) in [7, 11) is 0. The van der Waals surface area contributed by atoms with Crippen LogP contribution in [0.1, 0.15) is 32.0 Å². The Labute approximate surface area is 116 Å². The molecule has 0 bridgehead atoms. The molecule has 0 amide bonds. The lowest BCUT2D eigenvalue weighted by molar-refractivity contribution is 0.277. The van der Waals surface area contributed by atoms with Crippen LogP contribution in [0.4, 0.5) is 0 Å². The van der Waals surface area contributed by atoms with Gasteiger partial charge < -0.3 is 5.11 Å². The van der Waals surface area contributed by atoms with Crippen LogP contribution in [0.2, 0.25) is 5.02 Å². The van der Waals surface area contributed by atoms with Gasteiger partial charge in [0.2, 0.25) is 0 Å². The predicted molar refractivity (Wildman–Crippen MR) is 76.0 cm³/mol. The Kier molecular flexibility index (Phi) is 3.56. The first kappa shape index (κ1) is 13.9. The van der Waals surface area contributed by atoms with E-state index in [0.717, 1.165) is 5.69 Å². The van der Waals surface area contributed by atoms with Crippen LogP contribution in [0.3, 0.4) is 0 Å². The maximum Gasteiger partial charge on any atom is 0.277 e. The summed E-state index contributed by atoms with van der Waals surface area (Å²) in [5.41, 5.74) is 1.16. The smallest absolute Gasteiger partial charge is 0.277 e. The summed E-state index contributed by atoms with van der Waals surface area (Å²) in [5.74, 6) is 0. The van der Waals surface area contributed by atoms with Crippen LogP contribution in [0.25, 0.3) is 5.69 Å². The molecule has 0 aliphatic heterocycles. The normalized spacial score (nSPS) is 11.8. The van der Waals surface area contributed by atoms with E-state index in [9.17, 15) is 9.90 Å². The molecular formula is C14H17ClN2O2. The molecule has 1 heterocycles. The van der Waals surface area contributed by atoms with Crippen molar-refractivity contribution in [3.63, 3.8) is 0 Å². The van der Waals surface area contributed by atoms with E-state index in [1.165, 1.54) is 4.68 Å². The van der Waals surface area contributed by atoms with Crippen LogP contribution >= 0.6 is 11.6 Å². The van der Waals surface area contributed by atoms with Crippen LogP contribution in [0.15, 0.2) is 29.1 Å². The fourth-order valence-corrected chi connectivity index (χ4v) is 2.26. The number of nitrogens with one attached hydrogen (secondary N) is 1. The zero-order valence-corrected chi connectivity index (χ0v) is 12.0. The second-order valence-corrected chi connectivity index (χ2v) is 5.87. The molecule has 4 nitrogen and oxygen atoms in total. The third kappa shape index (κ3) is 2.46. The largest absolute Gasteiger partial charge is 0.391 e. The maximum atomic E-state index is 12.3. The number of para-hydroxylation sites is 1. The van der Waals surface area contributed by atoms with Crippen molar-refractivity contribution < 1.29 is 5.11 Å². The van der Waals surface area contributed by atoms with E-state index in [0.29, 0.717) is 16.3 Å². The summed E-state index contributed by atoms with van der Waals surface area (Å²) in [5, 5.41) is 13.0. The van der Waals surface area contributed by atoms with E-state index in [4.69, 9.17) is 11.6 Å². The van der Waals surface area contributed by atoms with Crippen molar-refractivity contribution in [1.82, 2.24) is 9.78 Å². The van der Waals surface area contributed by atoms with Crippen molar-refractivity contribution >= 4 is 11.6 Å². The number of nitrogens with zero attached hydrogens (tertiary/aromatic N) is 1. The number of aliphatic hydroxyl groups is 1. The van der Waals surface area contributed by atoms with Gasteiger partial charge in [0.05, 0.1) is 22.9 Å². The number of rotatable bonds is 2. The predicted octanol–water partition coefficient (Wildman–Crippen LogP) is 2.61. The van der Waals surface area contributed by atoms with Crippen molar-refractivity contribution in [1.29, 1.82) is 0 Å². The van der Waals surface area contributed by atoms with Gasteiger partial charge in [0.25, 0.3) is 5.56 Å². The second-order valence-electron chi connectivity index (χ2n) is 5.47. The number of hydrogen-bond donors (Lipinski definition) is 2. The highest BCUT2D eigenvalue weighted by atomic mass is 35.5. The number of hydrogen-bond acceptors (Lipinski definition) is 2. The van der Waals surface area contributed by atoms with E-state index < -0.39 is 0 Å². The molecule has 102 valence electrons. The van der Waals surface area contributed by atoms with E-state index >= 15 is 0 Å². The van der Waals surface area contributed by atoms with Gasteiger partial charge in [-0.25, -0.2) is 4.68 Å². The lowest BCUT2D eigenvalue weighted by atomic mass is 9.90. The number of aliphatic hydroxyl groups excluding tert-OH is 1. The molecule has 0 unspecified atom stereocenters. The standard InChI is InChI=1S/C14H17ClN2O2/c1-14(2,3)12-9(8-18)13(19)17(16-12)11-7-5-4-6-10(11)15/h4-7,16,18H,8H2,1-3H3. The van der Waals surface area contributed by atoms with E-state index in [1.54, 1.807) is 18.2 Å². The third-order valence-electron chi connectivity index (χ3n) is 2.99. The Morgan fingerprint density at radius 3 is 2.42 bits per heavy atom. The molecule has 2 aromatic rings. The second kappa shape index (κ2) is 4.87. The minimum atomic E-state index is -0.292. The fourth-order valence-electron chi connectivity index (χ4n) is 2.04. The summed E-state index contributed by atoms with van der Waals surface area (Å²) in [6.07, 6.45) is 0. The molecule has 0 saturated heterocycles. The van der Waals surface area contributed by atoms with Gasteiger partial charge in [-0.05, 0) is 12.1 Å². The van der Waals surface area contributed by atoms with Crippen molar-refractivity contribution in [3.05, 3.63) is 50.9 Å². The van der Waals surface area contributed by atoms with Gasteiger partial charge in [-0.15, -0.1) is 0 Å². The SMILES string of the molecule is CC(C)(C)c1[nH]n(-c2ccccc2Cl)c(=O)c1CO. The number of halogens is 1. The highest BCUT2D eigenvalue weighted by molar-refractivity contribution is 6.32. The first-order valence-corrected chi connectivity index (χ1v) is 6.44. The highest BCUT2D eigenvalue weighted by Crippen LogP contribution is 2.24. The molecule has 1 aromatic heterocycles. The quantitative estimate of drug-likeness (QED) is 0.888. The highest BCUT2D eigenvalue weighted by Gasteiger charge is 2.24. The number of aromatic nitrogens is 2. The Morgan fingerprint density at radius 1 is 1.32 bits per heavy atom. The first-order chi connectivity index (χ1) is 8.86. The van der Waals surface area contributed by atoms with Crippen LogP contribution in [0, 0.1) is 0 Å². The number of H-pyrrole nitrogens is 1. The van der Waals surface area contributed by atoms with Crippen LogP contribution in [0.5, 0.6) is 0 Å². The summed E-state index contributed by atoms with van der Waals surface area (Å²) in [6, 6.07) is 7.09. The molecule has 0 saturated carbocycles. The molecule has 2 rings (SSSR count). The Bertz CT molecular complexity index is 650. The van der Waals surface area contributed by atoms with Gasteiger partial charge in [0, 0.05) is 11.1 Å². The Balaban J connectivity index is 2.71. The van der Waals surface area contributed by atoms with Crippen molar-refractivity contribution in [2.75, 3.05) is 0 Å². The Morgan fingerprint density at radius 2 is 1.95 bits per heavy atom. The zero-order chi connectivity index (χ0) is 14.2. The first-order valence-electron chi connectivity index (χ1n) is 6.06. The van der Waals surface area contributed by atoms with Crippen molar-refractivity contribution in [3.8, 4) is 5.69 Å². The van der Waals surface area contributed by atoms with Crippen LogP contribution in [-0.4, -0.2) is 14.9 Å². The Hall–Kier alpha value is -1.52. The molecule has 5 heteroatoms. The maximum absolute atomic E-state index is 12.3. The lowest BCUT2D eigenvalue weighted by Gasteiger charge is -2.17. The van der Waals surface area contributed by atoms with Gasteiger partial charge in [-0.2, -0.15) is 0 Å².